The molecule has 0 aliphatic carbocycles. The molecule has 0 saturated carbocycles. The number of halogens is 1. The van der Waals surface area contributed by atoms with Crippen LogP contribution in [-0.4, -0.2) is 21.9 Å². The van der Waals surface area contributed by atoms with Crippen LogP contribution in [0.25, 0.3) is 11.4 Å². The highest BCUT2D eigenvalue weighted by molar-refractivity contribution is 14.1. The van der Waals surface area contributed by atoms with Crippen molar-refractivity contribution in [3.8, 4) is 11.4 Å². The van der Waals surface area contributed by atoms with Crippen LogP contribution >= 0.6 is 22.6 Å². The minimum absolute atomic E-state index is 0.0119. The molecule has 20 heavy (non-hydrogen) atoms. The molecule has 0 bridgehead atoms. The van der Waals surface area contributed by atoms with Crippen molar-refractivity contribution in [1.29, 1.82) is 0 Å². The average Bonchev–Trinajstić information content (AvgIpc) is 2.47. The lowest BCUT2D eigenvalue weighted by Crippen LogP contribution is -2.05. The number of aryl methyl sites for hydroxylation is 1. The molecular weight excluding hydrogens is 371 g/mol. The SMILES string of the molecule is CCc1nc(-c2ccccc2[N+](=O)[O-])nc(NC)c1I. The van der Waals surface area contributed by atoms with Crippen LogP contribution in [0.1, 0.15) is 12.6 Å². The van der Waals surface area contributed by atoms with E-state index in [1.54, 1.807) is 25.2 Å². The Labute approximate surface area is 129 Å². The number of nitrogens with one attached hydrogen (secondary N) is 1. The highest BCUT2D eigenvalue weighted by Gasteiger charge is 2.19. The molecule has 0 atom stereocenters. The monoisotopic (exact) mass is 384 g/mol. The van der Waals surface area contributed by atoms with E-state index in [4.69, 9.17) is 0 Å². The van der Waals surface area contributed by atoms with E-state index in [1.807, 2.05) is 6.92 Å². The lowest BCUT2D eigenvalue weighted by atomic mass is 10.1. The quantitative estimate of drug-likeness (QED) is 0.497. The van der Waals surface area contributed by atoms with Crippen LogP contribution in [0.4, 0.5) is 11.5 Å². The number of hydrogen-bond acceptors (Lipinski definition) is 5. The molecule has 104 valence electrons. The van der Waals surface area contributed by atoms with Gasteiger partial charge in [-0.3, -0.25) is 10.1 Å². The number of nitro benzene ring substituents is 1. The maximum Gasteiger partial charge on any atom is 0.280 e. The van der Waals surface area contributed by atoms with Gasteiger partial charge in [0.15, 0.2) is 5.82 Å². The van der Waals surface area contributed by atoms with Crippen molar-refractivity contribution in [2.24, 2.45) is 0 Å². The van der Waals surface area contributed by atoms with Crippen molar-refractivity contribution in [2.45, 2.75) is 13.3 Å². The molecule has 0 aliphatic rings. The first-order chi connectivity index (χ1) is 9.58. The van der Waals surface area contributed by atoms with E-state index in [9.17, 15) is 10.1 Å². The van der Waals surface area contributed by atoms with Gasteiger partial charge in [0.25, 0.3) is 5.69 Å². The molecular formula is C13H13IN4O2. The van der Waals surface area contributed by atoms with Gasteiger partial charge in [0.1, 0.15) is 5.82 Å². The standard InChI is InChI=1S/C13H13IN4O2/c1-3-9-11(14)13(15-2)17-12(16-9)8-6-4-5-7-10(8)18(19)20/h4-7H,3H2,1-2H3,(H,15,16,17). The van der Waals surface area contributed by atoms with Gasteiger partial charge in [-0.1, -0.05) is 19.1 Å². The summed E-state index contributed by atoms with van der Waals surface area (Å²) in [5, 5.41) is 14.1. The number of anilines is 1. The molecule has 1 aromatic carbocycles. The van der Waals surface area contributed by atoms with Gasteiger partial charge >= 0.3 is 0 Å². The van der Waals surface area contributed by atoms with E-state index in [0.29, 0.717) is 17.2 Å². The molecule has 0 saturated heterocycles. The van der Waals surface area contributed by atoms with E-state index in [1.165, 1.54) is 6.07 Å². The number of aromatic nitrogens is 2. The van der Waals surface area contributed by atoms with E-state index < -0.39 is 4.92 Å². The molecule has 1 heterocycles. The first-order valence-corrected chi connectivity index (χ1v) is 7.14. The number of rotatable bonds is 4. The Bertz CT molecular complexity index is 636. The molecule has 0 unspecified atom stereocenters. The molecule has 2 aromatic rings. The highest BCUT2D eigenvalue weighted by atomic mass is 127. The Morgan fingerprint density at radius 2 is 2.05 bits per heavy atom. The minimum atomic E-state index is -0.415. The van der Waals surface area contributed by atoms with Gasteiger partial charge in [0.2, 0.25) is 0 Å². The lowest BCUT2D eigenvalue weighted by molar-refractivity contribution is -0.384. The summed E-state index contributed by atoms with van der Waals surface area (Å²) in [6.45, 7) is 1.99. The topological polar surface area (TPSA) is 81.0 Å². The van der Waals surface area contributed by atoms with E-state index in [-0.39, 0.29) is 5.69 Å². The van der Waals surface area contributed by atoms with Gasteiger partial charge in [0, 0.05) is 13.1 Å². The fraction of sp³-hybridized carbons (Fsp3) is 0.231. The molecule has 0 fully saturated rings. The summed E-state index contributed by atoms with van der Waals surface area (Å²) in [5.74, 6) is 1.06. The molecule has 1 aromatic heterocycles. The molecule has 2 rings (SSSR count). The molecule has 1 N–H and O–H groups in total. The zero-order chi connectivity index (χ0) is 14.7. The smallest absolute Gasteiger partial charge is 0.280 e. The van der Waals surface area contributed by atoms with Gasteiger partial charge in [-0.2, -0.15) is 0 Å². The van der Waals surface area contributed by atoms with Gasteiger partial charge < -0.3 is 5.32 Å². The Morgan fingerprint density at radius 1 is 1.35 bits per heavy atom. The van der Waals surface area contributed by atoms with Crippen LogP contribution in [0.2, 0.25) is 0 Å². The molecule has 6 nitrogen and oxygen atoms in total. The first-order valence-electron chi connectivity index (χ1n) is 6.06. The van der Waals surface area contributed by atoms with Gasteiger partial charge in [-0.15, -0.1) is 0 Å². The minimum Gasteiger partial charge on any atom is -0.372 e. The third-order valence-corrected chi connectivity index (χ3v) is 3.97. The first kappa shape index (κ1) is 14.6. The van der Waals surface area contributed by atoms with Crippen molar-refractivity contribution in [3.05, 3.63) is 43.6 Å². The fourth-order valence-electron chi connectivity index (χ4n) is 1.84. The highest BCUT2D eigenvalue weighted by Crippen LogP contribution is 2.30. The van der Waals surface area contributed by atoms with Crippen LogP contribution in [0.15, 0.2) is 24.3 Å². The Hall–Kier alpha value is -1.77. The predicted octanol–water partition coefficient (Wildman–Crippen LogP) is 3.26. The van der Waals surface area contributed by atoms with Gasteiger partial charge in [-0.25, -0.2) is 9.97 Å². The number of benzene rings is 1. The third-order valence-electron chi connectivity index (χ3n) is 2.83. The number of nitro groups is 1. The maximum absolute atomic E-state index is 11.1. The second-order valence-electron chi connectivity index (χ2n) is 4.03. The summed E-state index contributed by atoms with van der Waals surface area (Å²) < 4.78 is 0.940. The normalized spacial score (nSPS) is 10.3. The maximum atomic E-state index is 11.1. The van der Waals surface area contributed by atoms with E-state index in [0.717, 1.165) is 15.7 Å². The summed E-state index contributed by atoms with van der Waals surface area (Å²) in [7, 11) is 1.77. The van der Waals surface area contributed by atoms with E-state index in [2.05, 4.69) is 37.9 Å². The summed E-state index contributed by atoms with van der Waals surface area (Å²) in [6, 6.07) is 6.50. The van der Waals surface area contributed by atoms with Crippen molar-refractivity contribution < 1.29 is 4.92 Å². The zero-order valence-electron chi connectivity index (χ0n) is 11.1. The summed E-state index contributed by atoms with van der Waals surface area (Å²) in [5.41, 5.74) is 1.32. The number of hydrogen-bond donors (Lipinski definition) is 1. The van der Waals surface area contributed by atoms with Crippen molar-refractivity contribution in [1.82, 2.24) is 9.97 Å². The molecule has 7 heteroatoms. The summed E-state index contributed by atoms with van der Waals surface area (Å²) in [4.78, 5) is 19.5. The van der Waals surface area contributed by atoms with Crippen LogP contribution in [0.3, 0.4) is 0 Å². The van der Waals surface area contributed by atoms with Crippen molar-refractivity contribution in [2.75, 3.05) is 12.4 Å². The summed E-state index contributed by atoms with van der Waals surface area (Å²) in [6.07, 6.45) is 0.739. The molecule has 0 amide bonds. The molecule has 0 radical (unpaired) electrons. The van der Waals surface area contributed by atoms with Gasteiger partial charge in [0.05, 0.1) is 19.8 Å². The number of nitrogens with zero attached hydrogens (tertiary/aromatic N) is 3. The third kappa shape index (κ3) is 2.72. The summed E-state index contributed by atoms with van der Waals surface area (Å²) >= 11 is 2.18. The second kappa shape index (κ2) is 6.12. The fourth-order valence-corrected chi connectivity index (χ4v) is 2.73. The van der Waals surface area contributed by atoms with Crippen LogP contribution in [0.5, 0.6) is 0 Å². The van der Waals surface area contributed by atoms with Crippen LogP contribution in [-0.2, 0) is 6.42 Å². The molecule has 0 aliphatic heterocycles. The average molecular weight is 384 g/mol. The van der Waals surface area contributed by atoms with Crippen LogP contribution in [0, 0.1) is 13.7 Å². The van der Waals surface area contributed by atoms with Crippen molar-refractivity contribution >= 4 is 34.1 Å². The largest absolute Gasteiger partial charge is 0.372 e. The Balaban J connectivity index is 2.67. The second-order valence-corrected chi connectivity index (χ2v) is 5.11. The number of para-hydroxylation sites is 1. The van der Waals surface area contributed by atoms with Crippen molar-refractivity contribution in [3.63, 3.8) is 0 Å². The lowest BCUT2D eigenvalue weighted by Gasteiger charge is -2.10. The van der Waals surface area contributed by atoms with E-state index >= 15 is 0 Å². The predicted molar refractivity (Wildman–Crippen MR) is 85.8 cm³/mol. The zero-order valence-corrected chi connectivity index (χ0v) is 13.2. The van der Waals surface area contributed by atoms with Gasteiger partial charge in [-0.05, 0) is 35.1 Å². The molecule has 0 spiro atoms. The van der Waals surface area contributed by atoms with Crippen LogP contribution < -0.4 is 5.32 Å². The Morgan fingerprint density at radius 3 is 2.65 bits per heavy atom. The Kier molecular flexibility index (Phi) is 4.48.